The van der Waals surface area contributed by atoms with Crippen LogP contribution in [-0.2, 0) is 19.0 Å². The van der Waals surface area contributed by atoms with Gasteiger partial charge in [0, 0.05) is 32.3 Å². The minimum absolute atomic E-state index is 0.0702. The normalized spacial score (nSPS) is 37.1. The lowest BCUT2D eigenvalue weighted by Gasteiger charge is -2.43. The van der Waals surface area contributed by atoms with Crippen LogP contribution in [0.5, 0.6) is 0 Å². The van der Waals surface area contributed by atoms with Gasteiger partial charge in [0.25, 0.3) is 0 Å². The van der Waals surface area contributed by atoms with Gasteiger partial charge in [-0.05, 0) is 38.5 Å². The summed E-state index contributed by atoms with van der Waals surface area (Å²) in [6.07, 6.45) is 5.06. The van der Waals surface area contributed by atoms with Crippen molar-refractivity contribution in [2.75, 3.05) is 26.4 Å². The Morgan fingerprint density at radius 2 is 1.95 bits per heavy atom. The van der Waals surface area contributed by atoms with Gasteiger partial charge in [-0.1, -0.05) is 0 Å². The lowest BCUT2D eigenvalue weighted by atomic mass is 9.78. The molecule has 3 fully saturated rings. The molecule has 0 aliphatic carbocycles. The van der Waals surface area contributed by atoms with Crippen molar-refractivity contribution in [3.8, 4) is 0 Å². The topological polar surface area (TPSA) is 70.8 Å². The smallest absolute Gasteiger partial charge is 0.164 e. The van der Waals surface area contributed by atoms with Crippen LogP contribution in [0.3, 0.4) is 0 Å². The van der Waals surface area contributed by atoms with E-state index in [9.17, 15) is 4.79 Å². The van der Waals surface area contributed by atoms with Gasteiger partial charge in [0.1, 0.15) is 6.10 Å². The largest absolute Gasteiger partial charge is 0.381 e. The summed E-state index contributed by atoms with van der Waals surface area (Å²) < 4.78 is 17.2. The lowest BCUT2D eigenvalue weighted by Crippen LogP contribution is -2.47. The summed E-state index contributed by atoms with van der Waals surface area (Å²) in [6, 6.07) is 0. The Morgan fingerprint density at radius 3 is 2.65 bits per heavy atom. The SMILES string of the molecule is NCC1CCC(C(=O)C2CCOC3(CCOCC3)C2)O1. The number of ketones is 1. The van der Waals surface area contributed by atoms with E-state index >= 15 is 0 Å². The Balaban J connectivity index is 1.60. The summed E-state index contributed by atoms with van der Waals surface area (Å²) in [5.74, 6) is 0.360. The first kappa shape index (κ1) is 14.4. The van der Waals surface area contributed by atoms with Gasteiger partial charge in [-0.2, -0.15) is 0 Å². The van der Waals surface area contributed by atoms with Gasteiger partial charge in [-0.25, -0.2) is 0 Å². The van der Waals surface area contributed by atoms with E-state index < -0.39 is 0 Å². The van der Waals surface area contributed by atoms with Crippen LogP contribution < -0.4 is 5.73 Å². The monoisotopic (exact) mass is 283 g/mol. The Kier molecular flexibility index (Phi) is 4.40. The molecule has 3 heterocycles. The van der Waals surface area contributed by atoms with Crippen LogP contribution in [-0.4, -0.2) is 50.0 Å². The molecule has 3 saturated heterocycles. The van der Waals surface area contributed by atoms with Crippen molar-refractivity contribution in [2.45, 2.75) is 56.3 Å². The third-order valence-corrected chi connectivity index (χ3v) is 4.99. The fourth-order valence-corrected chi connectivity index (χ4v) is 3.71. The number of hydrogen-bond acceptors (Lipinski definition) is 5. The molecule has 3 rings (SSSR count). The summed E-state index contributed by atoms with van der Waals surface area (Å²) in [5, 5.41) is 0. The van der Waals surface area contributed by atoms with E-state index in [0.717, 1.165) is 51.7 Å². The molecular formula is C15H25NO4. The molecule has 0 aromatic heterocycles. The van der Waals surface area contributed by atoms with Crippen LogP contribution in [0.4, 0.5) is 0 Å². The first-order valence-electron chi connectivity index (χ1n) is 7.83. The number of carbonyl (C=O) groups excluding carboxylic acids is 1. The molecule has 0 radical (unpaired) electrons. The minimum atomic E-state index is -0.233. The van der Waals surface area contributed by atoms with Gasteiger partial charge in [-0.3, -0.25) is 4.79 Å². The van der Waals surface area contributed by atoms with Crippen molar-refractivity contribution in [1.29, 1.82) is 0 Å². The Morgan fingerprint density at radius 1 is 1.15 bits per heavy atom. The first-order chi connectivity index (χ1) is 9.72. The van der Waals surface area contributed by atoms with Gasteiger partial charge >= 0.3 is 0 Å². The highest BCUT2D eigenvalue weighted by Crippen LogP contribution is 2.38. The highest BCUT2D eigenvalue weighted by Gasteiger charge is 2.43. The van der Waals surface area contributed by atoms with Gasteiger partial charge in [0.15, 0.2) is 5.78 Å². The fraction of sp³-hybridized carbons (Fsp3) is 0.933. The number of nitrogens with two attached hydrogens (primary N) is 1. The van der Waals surface area contributed by atoms with Crippen molar-refractivity contribution in [3.05, 3.63) is 0 Å². The molecule has 5 nitrogen and oxygen atoms in total. The van der Waals surface area contributed by atoms with Crippen molar-refractivity contribution >= 4 is 5.78 Å². The zero-order valence-corrected chi connectivity index (χ0v) is 12.0. The number of carbonyl (C=O) groups is 1. The van der Waals surface area contributed by atoms with Crippen LogP contribution in [0.25, 0.3) is 0 Å². The maximum Gasteiger partial charge on any atom is 0.164 e. The molecule has 0 amide bonds. The molecule has 3 atom stereocenters. The number of Topliss-reactive ketones (excluding diaryl/α,β-unsaturated/α-hetero) is 1. The molecule has 0 bridgehead atoms. The van der Waals surface area contributed by atoms with Crippen molar-refractivity contribution < 1.29 is 19.0 Å². The Labute approximate surface area is 120 Å². The Bertz CT molecular complexity index is 348. The molecule has 3 aliphatic rings. The standard InChI is InChI=1S/C15H25NO4/c16-10-12-1-2-13(20-12)14(17)11-3-6-19-15(9-11)4-7-18-8-5-15/h11-13H,1-10,16H2. The zero-order valence-electron chi connectivity index (χ0n) is 12.0. The van der Waals surface area contributed by atoms with E-state index in [4.69, 9.17) is 19.9 Å². The van der Waals surface area contributed by atoms with E-state index in [1.807, 2.05) is 0 Å². The van der Waals surface area contributed by atoms with Crippen LogP contribution in [0.2, 0.25) is 0 Å². The average molecular weight is 283 g/mol. The molecule has 114 valence electrons. The van der Waals surface area contributed by atoms with Crippen molar-refractivity contribution in [2.24, 2.45) is 11.7 Å². The molecule has 3 aliphatic heterocycles. The lowest BCUT2D eigenvalue weighted by molar-refractivity contribution is -0.162. The number of rotatable bonds is 3. The number of hydrogen-bond donors (Lipinski definition) is 1. The average Bonchev–Trinajstić information content (AvgIpc) is 2.96. The molecule has 0 aromatic carbocycles. The highest BCUT2D eigenvalue weighted by atomic mass is 16.5. The molecule has 3 unspecified atom stereocenters. The second-order valence-corrected chi connectivity index (χ2v) is 6.30. The third-order valence-electron chi connectivity index (χ3n) is 4.99. The predicted octanol–water partition coefficient (Wildman–Crippen LogP) is 1.04. The van der Waals surface area contributed by atoms with E-state index in [-0.39, 0.29) is 29.5 Å². The van der Waals surface area contributed by atoms with Gasteiger partial charge < -0.3 is 19.9 Å². The van der Waals surface area contributed by atoms with Gasteiger partial charge in [-0.15, -0.1) is 0 Å². The summed E-state index contributed by atoms with van der Waals surface area (Å²) in [5.41, 5.74) is 5.49. The second-order valence-electron chi connectivity index (χ2n) is 6.30. The molecule has 20 heavy (non-hydrogen) atoms. The third kappa shape index (κ3) is 2.91. The van der Waals surface area contributed by atoms with E-state index in [1.165, 1.54) is 0 Å². The molecular weight excluding hydrogens is 258 g/mol. The van der Waals surface area contributed by atoms with Crippen molar-refractivity contribution in [1.82, 2.24) is 0 Å². The summed E-state index contributed by atoms with van der Waals surface area (Å²) >= 11 is 0. The molecule has 2 N–H and O–H groups in total. The fourth-order valence-electron chi connectivity index (χ4n) is 3.71. The van der Waals surface area contributed by atoms with Crippen LogP contribution >= 0.6 is 0 Å². The van der Waals surface area contributed by atoms with Crippen LogP contribution in [0.15, 0.2) is 0 Å². The van der Waals surface area contributed by atoms with E-state index in [2.05, 4.69) is 0 Å². The molecule has 0 saturated carbocycles. The molecule has 5 heteroatoms. The minimum Gasteiger partial charge on any atom is -0.381 e. The van der Waals surface area contributed by atoms with Crippen LogP contribution in [0, 0.1) is 5.92 Å². The van der Waals surface area contributed by atoms with Gasteiger partial charge in [0.05, 0.1) is 11.7 Å². The summed E-state index contributed by atoms with van der Waals surface area (Å²) in [6.45, 7) is 2.69. The Hall–Kier alpha value is -0.490. The van der Waals surface area contributed by atoms with E-state index in [0.29, 0.717) is 13.2 Å². The quantitative estimate of drug-likeness (QED) is 0.838. The van der Waals surface area contributed by atoms with Crippen LogP contribution in [0.1, 0.15) is 38.5 Å². The maximum atomic E-state index is 12.6. The molecule has 0 aromatic rings. The first-order valence-corrected chi connectivity index (χ1v) is 7.83. The summed E-state index contributed by atoms with van der Waals surface area (Å²) in [7, 11) is 0. The predicted molar refractivity (Wildman–Crippen MR) is 73.4 cm³/mol. The van der Waals surface area contributed by atoms with E-state index in [1.54, 1.807) is 0 Å². The zero-order chi connectivity index (χ0) is 14.0. The molecule has 1 spiro atoms. The summed E-state index contributed by atoms with van der Waals surface area (Å²) in [4.78, 5) is 12.6. The second kappa shape index (κ2) is 6.10. The maximum absolute atomic E-state index is 12.6. The highest BCUT2D eigenvalue weighted by molar-refractivity contribution is 5.85. The van der Waals surface area contributed by atoms with Gasteiger partial charge in [0.2, 0.25) is 0 Å². The van der Waals surface area contributed by atoms with Crippen molar-refractivity contribution in [3.63, 3.8) is 0 Å². The number of ether oxygens (including phenoxy) is 3.